The standard InChI is InChI=1S/C14H22O2.C12H14O3.C10H14O/c1-5-11(3)13-7-9-14(10-8-13)16-12(4)15-6-2;13-12(10-6-2-1-3-7-10)15-11-8-4-5-9-14-11;1-3-8(2)9-4-6-10(11)7-5-9/h7-12H,5-6H2,1-4H3;1-3,6-7,11H,4-5,8-9H2;4-8,11H,3H2,1-2H3. The Labute approximate surface area is 253 Å². The van der Waals surface area contributed by atoms with Gasteiger partial charge in [-0.25, -0.2) is 4.79 Å². The molecule has 0 bridgehead atoms. The van der Waals surface area contributed by atoms with Gasteiger partial charge >= 0.3 is 5.97 Å². The zero-order valence-electron chi connectivity index (χ0n) is 26.3. The van der Waals surface area contributed by atoms with Crippen LogP contribution in [0.3, 0.4) is 0 Å². The van der Waals surface area contributed by atoms with Crippen LogP contribution in [0.4, 0.5) is 0 Å². The summed E-state index contributed by atoms with van der Waals surface area (Å²) in [4.78, 5) is 11.6. The van der Waals surface area contributed by atoms with Gasteiger partial charge in [0.25, 0.3) is 0 Å². The topological polar surface area (TPSA) is 74.2 Å². The summed E-state index contributed by atoms with van der Waals surface area (Å²) in [6, 6.07) is 24.7. The molecule has 1 aliphatic rings. The molecule has 0 spiro atoms. The minimum Gasteiger partial charge on any atom is -0.508 e. The van der Waals surface area contributed by atoms with E-state index in [1.165, 1.54) is 11.1 Å². The first-order valence-electron chi connectivity index (χ1n) is 15.3. The highest BCUT2D eigenvalue weighted by atomic mass is 16.7. The number of ether oxygens (including phenoxy) is 4. The Morgan fingerprint density at radius 3 is 1.90 bits per heavy atom. The Morgan fingerprint density at radius 1 is 0.833 bits per heavy atom. The highest BCUT2D eigenvalue weighted by Crippen LogP contribution is 2.22. The van der Waals surface area contributed by atoms with E-state index in [1.54, 1.807) is 24.3 Å². The maximum atomic E-state index is 11.6. The molecule has 1 N–H and O–H groups in total. The summed E-state index contributed by atoms with van der Waals surface area (Å²) in [5.41, 5.74) is 3.23. The summed E-state index contributed by atoms with van der Waals surface area (Å²) in [6.45, 7) is 14.0. The van der Waals surface area contributed by atoms with E-state index in [4.69, 9.17) is 24.1 Å². The van der Waals surface area contributed by atoms with Crippen LogP contribution in [0.2, 0.25) is 0 Å². The molecular weight excluding hydrogens is 528 g/mol. The number of aromatic hydroxyl groups is 1. The fourth-order valence-corrected chi connectivity index (χ4v) is 4.18. The number of phenolic OH excluding ortho intramolecular Hbond substituents is 1. The van der Waals surface area contributed by atoms with Gasteiger partial charge in [-0.2, -0.15) is 0 Å². The summed E-state index contributed by atoms with van der Waals surface area (Å²) < 4.78 is 21.5. The van der Waals surface area contributed by atoms with Gasteiger partial charge in [-0.05, 0) is 98.9 Å². The lowest BCUT2D eigenvalue weighted by Crippen LogP contribution is -2.25. The first-order chi connectivity index (χ1) is 20.3. The third-order valence-corrected chi connectivity index (χ3v) is 7.23. The summed E-state index contributed by atoms with van der Waals surface area (Å²) in [5, 5.41) is 9.01. The summed E-state index contributed by atoms with van der Waals surface area (Å²) in [6.07, 6.45) is 4.69. The maximum Gasteiger partial charge on any atom is 0.340 e. The first-order valence-corrected chi connectivity index (χ1v) is 15.3. The predicted octanol–water partition coefficient (Wildman–Crippen LogP) is 9.24. The molecule has 3 aromatic rings. The monoisotopic (exact) mass is 578 g/mol. The Kier molecular flexibility index (Phi) is 16.4. The first kappa shape index (κ1) is 34.8. The number of phenols is 1. The molecule has 230 valence electrons. The molecule has 1 saturated heterocycles. The molecule has 1 aliphatic heterocycles. The van der Waals surface area contributed by atoms with E-state index in [0.717, 1.165) is 37.9 Å². The van der Waals surface area contributed by atoms with Crippen molar-refractivity contribution in [3.8, 4) is 11.5 Å². The smallest absolute Gasteiger partial charge is 0.340 e. The molecule has 6 heteroatoms. The zero-order valence-corrected chi connectivity index (χ0v) is 26.3. The third kappa shape index (κ3) is 13.1. The molecule has 6 nitrogen and oxygen atoms in total. The van der Waals surface area contributed by atoms with E-state index in [1.807, 2.05) is 56.3 Å². The van der Waals surface area contributed by atoms with Crippen LogP contribution in [0.1, 0.15) is 107 Å². The van der Waals surface area contributed by atoms with Gasteiger partial charge < -0.3 is 24.1 Å². The van der Waals surface area contributed by atoms with Crippen molar-refractivity contribution >= 4 is 5.97 Å². The quantitative estimate of drug-likeness (QED) is 0.191. The predicted molar refractivity (Wildman–Crippen MR) is 169 cm³/mol. The highest BCUT2D eigenvalue weighted by Gasteiger charge is 2.18. The Hall–Kier alpha value is -3.35. The fourth-order valence-electron chi connectivity index (χ4n) is 4.18. The number of carbonyl (C=O) groups is 1. The molecule has 4 unspecified atom stereocenters. The molecule has 3 aromatic carbocycles. The third-order valence-electron chi connectivity index (χ3n) is 7.23. The lowest BCUT2D eigenvalue weighted by molar-refractivity contribution is -0.131. The molecule has 1 fully saturated rings. The molecular formula is C36H50O6. The normalized spacial score (nSPS) is 16.4. The number of hydrogen-bond donors (Lipinski definition) is 1. The minimum atomic E-state index is -0.355. The van der Waals surface area contributed by atoms with Gasteiger partial charge in [-0.1, -0.05) is 70.2 Å². The number of esters is 1. The molecule has 0 saturated carbocycles. The molecule has 1 heterocycles. The van der Waals surface area contributed by atoms with Gasteiger partial charge in [-0.3, -0.25) is 0 Å². The Balaban J connectivity index is 0.000000224. The van der Waals surface area contributed by atoms with E-state index >= 15 is 0 Å². The van der Waals surface area contributed by atoms with Gasteiger partial charge in [0, 0.05) is 13.0 Å². The van der Waals surface area contributed by atoms with Crippen molar-refractivity contribution in [2.75, 3.05) is 13.2 Å². The fraction of sp³-hybridized carbons (Fsp3) is 0.472. The van der Waals surface area contributed by atoms with Crippen molar-refractivity contribution < 1.29 is 28.8 Å². The van der Waals surface area contributed by atoms with Crippen molar-refractivity contribution in [1.82, 2.24) is 0 Å². The lowest BCUT2D eigenvalue weighted by Gasteiger charge is -2.22. The van der Waals surface area contributed by atoms with E-state index in [0.29, 0.717) is 36.4 Å². The summed E-state index contributed by atoms with van der Waals surface area (Å²) in [5.74, 6) is 2.11. The molecule has 0 aromatic heterocycles. The van der Waals surface area contributed by atoms with Crippen molar-refractivity contribution in [3.05, 3.63) is 95.6 Å². The molecule has 0 radical (unpaired) electrons. The van der Waals surface area contributed by atoms with Crippen molar-refractivity contribution in [3.63, 3.8) is 0 Å². The van der Waals surface area contributed by atoms with Gasteiger partial charge in [0.15, 0.2) is 6.29 Å². The molecule has 4 atom stereocenters. The summed E-state index contributed by atoms with van der Waals surface area (Å²) in [7, 11) is 0. The van der Waals surface area contributed by atoms with Crippen LogP contribution in [0.15, 0.2) is 78.9 Å². The zero-order chi connectivity index (χ0) is 30.7. The number of rotatable bonds is 10. The average molecular weight is 579 g/mol. The molecule has 42 heavy (non-hydrogen) atoms. The van der Waals surface area contributed by atoms with Crippen LogP contribution < -0.4 is 4.74 Å². The van der Waals surface area contributed by atoms with Crippen molar-refractivity contribution in [2.24, 2.45) is 0 Å². The van der Waals surface area contributed by atoms with Gasteiger partial charge in [0.2, 0.25) is 6.29 Å². The number of benzene rings is 3. The van der Waals surface area contributed by atoms with Crippen LogP contribution in [-0.4, -0.2) is 36.9 Å². The van der Waals surface area contributed by atoms with Gasteiger partial charge in [-0.15, -0.1) is 0 Å². The van der Waals surface area contributed by atoms with Crippen LogP contribution in [0, 0.1) is 0 Å². The van der Waals surface area contributed by atoms with Crippen LogP contribution in [0.5, 0.6) is 11.5 Å². The number of carbonyl (C=O) groups excluding carboxylic acids is 1. The van der Waals surface area contributed by atoms with Gasteiger partial charge in [0.1, 0.15) is 11.5 Å². The minimum absolute atomic E-state index is 0.181. The van der Waals surface area contributed by atoms with E-state index < -0.39 is 0 Å². The molecule has 4 rings (SSSR count). The molecule has 0 aliphatic carbocycles. The van der Waals surface area contributed by atoms with Crippen molar-refractivity contribution in [1.29, 1.82) is 0 Å². The Morgan fingerprint density at radius 2 is 1.40 bits per heavy atom. The Bertz CT molecular complexity index is 1110. The number of hydrogen-bond acceptors (Lipinski definition) is 6. The maximum absolute atomic E-state index is 11.6. The molecule has 0 amide bonds. The second-order valence-corrected chi connectivity index (χ2v) is 10.5. The largest absolute Gasteiger partial charge is 0.508 e. The van der Waals surface area contributed by atoms with Crippen molar-refractivity contribution in [2.45, 2.75) is 98.1 Å². The SMILES string of the molecule is CCC(C)c1ccc(O)cc1.CCOC(C)Oc1ccc(C(C)CC)cc1.O=C(OC1CCCCO1)c1ccccc1. The lowest BCUT2D eigenvalue weighted by atomic mass is 9.99. The average Bonchev–Trinajstić information content (AvgIpc) is 3.02. The summed E-state index contributed by atoms with van der Waals surface area (Å²) >= 11 is 0. The van der Waals surface area contributed by atoms with Gasteiger partial charge in [0.05, 0.1) is 12.2 Å². The van der Waals surface area contributed by atoms with E-state index in [9.17, 15) is 4.79 Å². The highest BCUT2D eigenvalue weighted by molar-refractivity contribution is 5.89. The second kappa shape index (κ2) is 19.7. The van der Waals surface area contributed by atoms with E-state index in [-0.39, 0.29) is 18.5 Å². The second-order valence-electron chi connectivity index (χ2n) is 10.5. The van der Waals surface area contributed by atoms with Crippen LogP contribution >= 0.6 is 0 Å². The van der Waals surface area contributed by atoms with E-state index in [2.05, 4.69) is 39.8 Å². The van der Waals surface area contributed by atoms with Crippen LogP contribution in [-0.2, 0) is 14.2 Å². The van der Waals surface area contributed by atoms with Crippen LogP contribution in [0.25, 0.3) is 0 Å².